The summed E-state index contributed by atoms with van der Waals surface area (Å²) in [7, 11) is 0. The van der Waals surface area contributed by atoms with Crippen molar-refractivity contribution in [3.8, 4) is 6.07 Å². The molecule has 2 rings (SSSR count). The van der Waals surface area contributed by atoms with Crippen molar-refractivity contribution in [3.05, 3.63) is 45.8 Å². The molecule has 20 heavy (non-hydrogen) atoms. The number of anilines is 1. The molecule has 1 heterocycles. The highest BCUT2D eigenvalue weighted by Gasteiger charge is 2.08. The SMILES string of the molecule is Cc1noc(C)c1CCCNc1cc(Cl)ccc1C#N. The Balaban J connectivity index is 1.91. The molecule has 0 aliphatic carbocycles. The molecule has 1 N–H and O–H groups in total. The average Bonchev–Trinajstić information content (AvgIpc) is 2.75. The van der Waals surface area contributed by atoms with Crippen LogP contribution in [0.2, 0.25) is 5.02 Å². The van der Waals surface area contributed by atoms with Gasteiger partial charge in [-0.05, 0) is 44.9 Å². The molecular formula is C15H16ClN3O. The molecule has 104 valence electrons. The van der Waals surface area contributed by atoms with Gasteiger partial charge in [0.25, 0.3) is 0 Å². The van der Waals surface area contributed by atoms with Gasteiger partial charge in [0.2, 0.25) is 0 Å². The van der Waals surface area contributed by atoms with Crippen LogP contribution in [-0.2, 0) is 6.42 Å². The lowest BCUT2D eigenvalue weighted by molar-refractivity contribution is 0.392. The van der Waals surface area contributed by atoms with E-state index in [1.54, 1.807) is 18.2 Å². The Bertz CT molecular complexity index is 624. The highest BCUT2D eigenvalue weighted by atomic mass is 35.5. The van der Waals surface area contributed by atoms with Crippen LogP contribution in [0.3, 0.4) is 0 Å². The first kappa shape index (κ1) is 14.4. The van der Waals surface area contributed by atoms with Gasteiger partial charge in [0.15, 0.2) is 0 Å². The van der Waals surface area contributed by atoms with E-state index in [4.69, 9.17) is 21.4 Å². The number of aryl methyl sites for hydroxylation is 2. The first-order chi connectivity index (χ1) is 9.61. The Morgan fingerprint density at radius 2 is 2.20 bits per heavy atom. The molecule has 0 radical (unpaired) electrons. The van der Waals surface area contributed by atoms with Gasteiger partial charge in [-0.15, -0.1) is 0 Å². The zero-order valence-electron chi connectivity index (χ0n) is 11.5. The molecule has 0 fully saturated rings. The first-order valence-electron chi connectivity index (χ1n) is 6.47. The van der Waals surface area contributed by atoms with Crippen LogP contribution in [0.1, 0.15) is 29.0 Å². The lowest BCUT2D eigenvalue weighted by atomic mass is 10.1. The monoisotopic (exact) mass is 289 g/mol. The van der Waals surface area contributed by atoms with E-state index in [0.717, 1.165) is 36.5 Å². The van der Waals surface area contributed by atoms with E-state index in [2.05, 4.69) is 16.5 Å². The molecule has 0 saturated heterocycles. The van der Waals surface area contributed by atoms with Crippen molar-refractivity contribution < 1.29 is 4.52 Å². The normalized spacial score (nSPS) is 10.3. The zero-order chi connectivity index (χ0) is 14.5. The fourth-order valence-electron chi connectivity index (χ4n) is 2.11. The van der Waals surface area contributed by atoms with E-state index in [0.29, 0.717) is 10.6 Å². The molecule has 0 saturated carbocycles. The summed E-state index contributed by atoms with van der Waals surface area (Å²) in [5.74, 6) is 0.878. The third-order valence-corrected chi connectivity index (χ3v) is 3.44. The van der Waals surface area contributed by atoms with Gasteiger partial charge in [0.1, 0.15) is 11.8 Å². The van der Waals surface area contributed by atoms with Gasteiger partial charge in [-0.1, -0.05) is 16.8 Å². The second-order valence-electron chi connectivity index (χ2n) is 4.63. The zero-order valence-corrected chi connectivity index (χ0v) is 12.3. The Labute approximate surface area is 123 Å². The number of hydrogen-bond acceptors (Lipinski definition) is 4. The summed E-state index contributed by atoms with van der Waals surface area (Å²) in [4.78, 5) is 0. The number of aromatic nitrogens is 1. The van der Waals surface area contributed by atoms with Gasteiger partial charge < -0.3 is 9.84 Å². The van der Waals surface area contributed by atoms with Gasteiger partial charge >= 0.3 is 0 Å². The van der Waals surface area contributed by atoms with Crippen molar-refractivity contribution in [1.29, 1.82) is 5.26 Å². The quantitative estimate of drug-likeness (QED) is 0.849. The minimum absolute atomic E-state index is 0.603. The minimum Gasteiger partial charge on any atom is -0.384 e. The van der Waals surface area contributed by atoms with Crippen LogP contribution in [0, 0.1) is 25.2 Å². The predicted octanol–water partition coefficient (Wildman–Crippen LogP) is 3.86. The topological polar surface area (TPSA) is 61.9 Å². The molecule has 4 nitrogen and oxygen atoms in total. The molecule has 0 bridgehead atoms. The fourth-order valence-corrected chi connectivity index (χ4v) is 2.28. The Hall–Kier alpha value is -1.99. The molecule has 0 amide bonds. The number of rotatable bonds is 5. The van der Waals surface area contributed by atoms with Crippen molar-refractivity contribution in [3.63, 3.8) is 0 Å². The van der Waals surface area contributed by atoms with Gasteiger partial charge in [-0.25, -0.2) is 0 Å². The highest BCUT2D eigenvalue weighted by Crippen LogP contribution is 2.20. The predicted molar refractivity (Wildman–Crippen MR) is 79.0 cm³/mol. The van der Waals surface area contributed by atoms with Crippen LogP contribution in [0.5, 0.6) is 0 Å². The maximum Gasteiger partial charge on any atom is 0.137 e. The second-order valence-corrected chi connectivity index (χ2v) is 5.07. The van der Waals surface area contributed by atoms with Crippen molar-refractivity contribution in [2.24, 2.45) is 0 Å². The van der Waals surface area contributed by atoms with Gasteiger partial charge in [-0.2, -0.15) is 5.26 Å². The van der Waals surface area contributed by atoms with Crippen LogP contribution >= 0.6 is 11.6 Å². The first-order valence-corrected chi connectivity index (χ1v) is 6.85. The van der Waals surface area contributed by atoms with E-state index in [9.17, 15) is 0 Å². The Kier molecular flexibility index (Phi) is 4.65. The summed E-state index contributed by atoms with van der Waals surface area (Å²) in [6.07, 6.45) is 1.83. The molecule has 1 aromatic heterocycles. The highest BCUT2D eigenvalue weighted by molar-refractivity contribution is 6.30. The van der Waals surface area contributed by atoms with Crippen molar-refractivity contribution in [2.45, 2.75) is 26.7 Å². The summed E-state index contributed by atoms with van der Waals surface area (Å²) in [5, 5.41) is 16.8. The lowest BCUT2D eigenvalue weighted by Gasteiger charge is -2.08. The number of nitrogens with zero attached hydrogens (tertiary/aromatic N) is 2. The number of benzene rings is 1. The molecular weight excluding hydrogens is 274 g/mol. The maximum atomic E-state index is 9.04. The molecule has 0 spiro atoms. The fraction of sp³-hybridized carbons (Fsp3) is 0.333. The Morgan fingerprint density at radius 1 is 1.40 bits per heavy atom. The van der Waals surface area contributed by atoms with Crippen LogP contribution in [0.4, 0.5) is 5.69 Å². The van der Waals surface area contributed by atoms with Gasteiger partial charge in [0, 0.05) is 17.1 Å². The summed E-state index contributed by atoms with van der Waals surface area (Å²) in [6, 6.07) is 7.36. The number of nitriles is 1. The largest absolute Gasteiger partial charge is 0.384 e. The minimum atomic E-state index is 0.603. The molecule has 0 aliphatic heterocycles. The van der Waals surface area contributed by atoms with Gasteiger partial charge in [-0.3, -0.25) is 0 Å². The smallest absolute Gasteiger partial charge is 0.137 e. The number of hydrogen-bond donors (Lipinski definition) is 1. The summed E-state index contributed by atoms with van der Waals surface area (Å²) >= 11 is 5.94. The molecule has 0 unspecified atom stereocenters. The van der Waals surface area contributed by atoms with Crippen LogP contribution in [0.25, 0.3) is 0 Å². The summed E-state index contributed by atoms with van der Waals surface area (Å²) in [6.45, 7) is 4.64. The van der Waals surface area contributed by atoms with E-state index in [1.165, 1.54) is 5.56 Å². The average molecular weight is 290 g/mol. The third kappa shape index (κ3) is 3.31. The molecule has 1 aromatic carbocycles. The number of nitrogens with one attached hydrogen (secondary N) is 1. The van der Waals surface area contributed by atoms with Gasteiger partial charge in [0.05, 0.1) is 16.9 Å². The van der Waals surface area contributed by atoms with Crippen molar-refractivity contribution >= 4 is 17.3 Å². The lowest BCUT2D eigenvalue weighted by Crippen LogP contribution is -2.05. The van der Waals surface area contributed by atoms with Crippen molar-refractivity contribution in [1.82, 2.24) is 5.16 Å². The molecule has 2 aromatic rings. The number of halogens is 1. The standard InChI is InChI=1S/C15H16ClN3O/c1-10-14(11(2)20-19-10)4-3-7-18-15-8-13(16)6-5-12(15)9-17/h5-6,8,18H,3-4,7H2,1-2H3. The molecule has 0 atom stereocenters. The molecule has 0 aliphatic rings. The maximum absolute atomic E-state index is 9.04. The van der Waals surface area contributed by atoms with E-state index >= 15 is 0 Å². The molecule has 5 heteroatoms. The van der Waals surface area contributed by atoms with E-state index in [-0.39, 0.29) is 0 Å². The van der Waals surface area contributed by atoms with E-state index in [1.807, 2.05) is 13.8 Å². The van der Waals surface area contributed by atoms with Crippen LogP contribution in [-0.4, -0.2) is 11.7 Å². The third-order valence-electron chi connectivity index (χ3n) is 3.20. The second kappa shape index (κ2) is 6.44. The van der Waals surface area contributed by atoms with Crippen molar-refractivity contribution in [2.75, 3.05) is 11.9 Å². The summed E-state index contributed by atoms with van der Waals surface area (Å²) in [5.41, 5.74) is 3.49. The summed E-state index contributed by atoms with van der Waals surface area (Å²) < 4.78 is 5.13. The van der Waals surface area contributed by atoms with Crippen LogP contribution < -0.4 is 5.32 Å². The Morgan fingerprint density at radius 3 is 2.85 bits per heavy atom. The van der Waals surface area contributed by atoms with E-state index < -0.39 is 0 Å². The van der Waals surface area contributed by atoms with Crippen LogP contribution in [0.15, 0.2) is 22.7 Å².